The van der Waals surface area contributed by atoms with Crippen LogP contribution in [0, 0.1) is 0 Å². The first-order valence-corrected chi connectivity index (χ1v) is 5.52. The Labute approximate surface area is 111 Å². The highest BCUT2D eigenvalue weighted by Crippen LogP contribution is 2.50. The molecule has 1 aromatic carbocycles. The Morgan fingerprint density at radius 1 is 1.05 bits per heavy atom. The van der Waals surface area contributed by atoms with Crippen molar-refractivity contribution in [2.24, 2.45) is 0 Å². The van der Waals surface area contributed by atoms with Crippen LogP contribution in [0.2, 0.25) is 0 Å². The molecule has 114 valence electrons. The van der Waals surface area contributed by atoms with E-state index in [0.29, 0.717) is 24.1 Å². The highest BCUT2D eigenvalue weighted by molar-refractivity contribution is 5.41. The zero-order valence-electron chi connectivity index (χ0n) is 10.6. The molecular formula is C12H12F6O2. The van der Waals surface area contributed by atoms with Crippen LogP contribution in [-0.4, -0.2) is 24.6 Å². The average Bonchev–Trinajstić information content (AvgIpc) is 2.34. The van der Waals surface area contributed by atoms with Gasteiger partial charge in [0.15, 0.2) is 0 Å². The van der Waals surface area contributed by atoms with Crippen molar-refractivity contribution in [2.75, 3.05) is 7.11 Å². The third kappa shape index (κ3) is 2.56. The van der Waals surface area contributed by atoms with Crippen molar-refractivity contribution in [1.29, 1.82) is 0 Å². The summed E-state index contributed by atoms with van der Waals surface area (Å²) in [4.78, 5) is 0. The maximum absolute atomic E-state index is 12.7. The van der Waals surface area contributed by atoms with Crippen LogP contribution >= 0.6 is 0 Å². The van der Waals surface area contributed by atoms with Crippen LogP contribution in [-0.2, 0) is 12.0 Å². The van der Waals surface area contributed by atoms with Gasteiger partial charge in [-0.3, -0.25) is 0 Å². The van der Waals surface area contributed by atoms with Crippen LogP contribution in [0.3, 0.4) is 0 Å². The van der Waals surface area contributed by atoms with E-state index in [1.54, 1.807) is 6.92 Å². The summed E-state index contributed by atoms with van der Waals surface area (Å²) in [7, 11) is 1.12. The van der Waals surface area contributed by atoms with Gasteiger partial charge in [0.25, 0.3) is 5.60 Å². The van der Waals surface area contributed by atoms with E-state index in [1.807, 2.05) is 0 Å². The fourth-order valence-electron chi connectivity index (χ4n) is 1.75. The second kappa shape index (κ2) is 5.16. The number of alkyl halides is 6. The Kier molecular flexibility index (Phi) is 4.28. The summed E-state index contributed by atoms with van der Waals surface area (Å²) in [6, 6.07) is 2.22. The highest BCUT2D eigenvalue weighted by atomic mass is 19.4. The molecule has 0 saturated heterocycles. The zero-order chi connectivity index (χ0) is 15.8. The Morgan fingerprint density at radius 2 is 1.55 bits per heavy atom. The van der Waals surface area contributed by atoms with Crippen molar-refractivity contribution in [1.82, 2.24) is 0 Å². The van der Waals surface area contributed by atoms with E-state index in [9.17, 15) is 31.4 Å². The number of hydrogen-bond acceptors (Lipinski definition) is 2. The highest BCUT2D eigenvalue weighted by Gasteiger charge is 2.71. The monoisotopic (exact) mass is 302 g/mol. The number of ether oxygens (including phenoxy) is 1. The van der Waals surface area contributed by atoms with Crippen molar-refractivity contribution in [2.45, 2.75) is 31.3 Å². The topological polar surface area (TPSA) is 29.5 Å². The number of benzene rings is 1. The van der Waals surface area contributed by atoms with Crippen LogP contribution in [0.5, 0.6) is 5.75 Å². The van der Waals surface area contributed by atoms with Crippen LogP contribution < -0.4 is 4.74 Å². The molecule has 8 heteroatoms. The summed E-state index contributed by atoms with van der Waals surface area (Å²) in [5, 5.41) is 9.23. The molecule has 0 saturated carbocycles. The van der Waals surface area contributed by atoms with Crippen molar-refractivity contribution < 1.29 is 36.2 Å². The first-order chi connectivity index (χ1) is 8.99. The van der Waals surface area contributed by atoms with Gasteiger partial charge in [-0.15, -0.1) is 0 Å². The zero-order valence-corrected chi connectivity index (χ0v) is 10.6. The number of aryl methyl sites for hydroxylation is 1. The van der Waals surface area contributed by atoms with E-state index >= 15 is 0 Å². The Balaban J connectivity index is 3.52. The van der Waals surface area contributed by atoms with E-state index in [0.717, 1.165) is 13.2 Å². The van der Waals surface area contributed by atoms with Crippen LogP contribution in [0.15, 0.2) is 18.2 Å². The number of rotatable bonds is 3. The molecule has 0 amide bonds. The Morgan fingerprint density at radius 3 is 1.90 bits per heavy atom. The van der Waals surface area contributed by atoms with E-state index in [-0.39, 0.29) is 5.75 Å². The molecule has 0 aromatic heterocycles. The average molecular weight is 302 g/mol. The molecule has 0 heterocycles. The number of methoxy groups -OCH3 is 1. The summed E-state index contributed by atoms with van der Waals surface area (Å²) >= 11 is 0. The smallest absolute Gasteiger partial charge is 0.430 e. The van der Waals surface area contributed by atoms with Crippen LogP contribution in [0.25, 0.3) is 0 Å². The Hall–Kier alpha value is -1.44. The third-order valence-corrected chi connectivity index (χ3v) is 2.91. The molecule has 0 aliphatic heterocycles. The minimum atomic E-state index is -5.90. The number of hydrogen-bond donors (Lipinski definition) is 1. The molecular weight excluding hydrogens is 290 g/mol. The predicted octanol–water partition coefficient (Wildman–Crippen LogP) is 3.57. The molecule has 20 heavy (non-hydrogen) atoms. The second-order valence-electron chi connectivity index (χ2n) is 4.09. The van der Waals surface area contributed by atoms with Gasteiger partial charge in [0, 0.05) is 5.56 Å². The van der Waals surface area contributed by atoms with Gasteiger partial charge >= 0.3 is 12.4 Å². The maximum Gasteiger partial charge on any atom is 0.430 e. The fourth-order valence-corrected chi connectivity index (χ4v) is 1.75. The summed E-state index contributed by atoms with van der Waals surface area (Å²) < 4.78 is 80.9. The molecule has 0 bridgehead atoms. The quantitative estimate of drug-likeness (QED) is 0.865. The van der Waals surface area contributed by atoms with Gasteiger partial charge in [-0.05, 0) is 18.1 Å². The minimum absolute atomic E-state index is 0.142. The first kappa shape index (κ1) is 16.6. The van der Waals surface area contributed by atoms with Crippen molar-refractivity contribution in [3.8, 4) is 5.75 Å². The molecule has 0 spiro atoms. The first-order valence-electron chi connectivity index (χ1n) is 5.52. The molecule has 1 rings (SSSR count). The Bertz CT molecular complexity index is 464. The predicted molar refractivity (Wildman–Crippen MR) is 58.4 cm³/mol. The molecule has 0 unspecified atom stereocenters. The number of halogens is 6. The molecule has 1 N–H and O–H groups in total. The largest absolute Gasteiger partial charge is 0.496 e. The summed E-state index contributed by atoms with van der Waals surface area (Å²) in [5.41, 5.74) is -5.82. The normalized spacial score (nSPS) is 13.4. The lowest BCUT2D eigenvalue weighted by Crippen LogP contribution is -2.53. The van der Waals surface area contributed by atoms with Crippen molar-refractivity contribution in [3.63, 3.8) is 0 Å². The van der Waals surface area contributed by atoms with Gasteiger partial charge in [0.1, 0.15) is 5.75 Å². The van der Waals surface area contributed by atoms with Crippen molar-refractivity contribution >= 4 is 0 Å². The second-order valence-corrected chi connectivity index (χ2v) is 4.09. The maximum atomic E-state index is 12.7. The van der Waals surface area contributed by atoms with Gasteiger partial charge in [-0.1, -0.05) is 19.1 Å². The molecule has 0 aliphatic rings. The van der Waals surface area contributed by atoms with Crippen LogP contribution in [0.1, 0.15) is 18.1 Å². The van der Waals surface area contributed by atoms with Gasteiger partial charge < -0.3 is 9.84 Å². The van der Waals surface area contributed by atoms with Crippen molar-refractivity contribution in [3.05, 3.63) is 29.3 Å². The third-order valence-electron chi connectivity index (χ3n) is 2.91. The van der Waals surface area contributed by atoms with Gasteiger partial charge in [-0.2, -0.15) is 26.3 Å². The molecule has 0 radical (unpaired) electrons. The lowest BCUT2D eigenvalue weighted by atomic mass is 9.91. The minimum Gasteiger partial charge on any atom is -0.496 e. The van der Waals surface area contributed by atoms with Gasteiger partial charge in [0.05, 0.1) is 7.11 Å². The van der Waals surface area contributed by atoms with Gasteiger partial charge in [-0.25, -0.2) is 0 Å². The van der Waals surface area contributed by atoms with Gasteiger partial charge in [0.2, 0.25) is 0 Å². The molecule has 0 fully saturated rings. The van der Waals surface area contributed by atoms with E-state index in [1.165, 1.54) is 0 Å². The van der Waals surface area contributed by atoms with E-state index in [2.05, 4.69) is 0 Å². The molecule has 0 aliphatic carbocycles. The summed E-state index contributed by atoms with van der Waals surface area (Å²) in [5.74, 6) is -0.142. The fraction of sp³-hybridized carbons (Fsp3) is 0.500. The molecule has 1 aromatic rings. The standard InChI is InChI=1S/C12H12F6O2/c1-3-7-4-5-8(6-9(7)20-2)10(19,11(13,14)15)12(16,17)18/h4-6,19H,3H2,1-2H3. The molecule has 0 atom stereocenters. The SMILES string of the molecule is CCc1ccc(C(O)(C(F)(F)F)C(F)(F)F)cc1OC. The lowest BCUT2D eigenvalue weighted by molar-refractivity contribution is -0.376. The van der Waals surface area contributed by atoms with Crippen LogP contribution in [0.4, 0.5) is 26.3 Å². The number of aliphatic hydroxyl groups is 1. The summed E-state index contributed by atoms with van der Waals surface area (Å²) in [6.45, 7) is 1.66. The van der Waals surface area contributed by atoms with E-state index in [4.69, 9.17) is 4.74 Å². The lowest BCUT2D eigenvalue weighted by Gasteiger charge is -2.33. The molecule has 2 nitrogen and oxygen atoms in total. The van der Waals surface area contributed by atoms with E-state index < -0.39 is 23.5 Å². The summed E-state index contributed by atoms with van der Waals surface area (Å²) in [6.07, 6.45) is -11.4.